The summed E-state index contributed by atoms with van der Waals surface area (Å²) < 4.78 is 15.6. The van der Waals surface area contributed by atoms with Crippen molar-refractivity contribution in [1.82, 2.24) is 4.98 Å². The van der Waals surface area contributed by atoms with Crippen LogP contribution in [0, 0.1) is 10.1 Å². The van der Waals surface area contributed by atoms with Gasteiger partial charge in [-0.15, -0.1) is 0 Å². The first kappa shape index (κ1) is 20.5. The van der Waals surface area contributed by atoms with Gasteiger partial charge in [-0.25, -0.2) is 9.78 Å². The second-order valence-electron chi connectivity index (χ2n) is 6.06. The summed E-state index contributed by atoms with van der Waals surface area (Å²) in [4.78, 5) is 38.7. The van der Waals surface area contributed by atoms with E-state index < -0.39 is 22.9 Å². The van der Waals surface area contributed by atoms with Gasteiger partial charge in [-0.1, -0.05) is 12.1 Å². The summed E-state index contributed by atoms with van der Waals surface area (Å²) in [5.74, 6) is -1.07. The number of nitrogens with zero attached hydrogens (tertiary/aromatic N) is 2. The molecule has 0 radical (unpaired) electrons. The number of ether oxygens (including phenoxy) is 2. The monoisotopic (exact) mass is 411 g/mol. The van der Waals surface area contributed by atoms with Gasteiger partial charge in [0.15, 0.2) is 11.7 Å². The number of hydrogen-bond donors (Lipinski definition) is 1. The van der Waals surface area contributed by atoms with Crippen molar-refractivity contribution in [2.45, 2.75) is 13.0 Å². The van der Waals surface area contributed by atoms with Gasteiger partial charge in [0.25, 0.3) is 11.6 Å². The van der Waals surface area contributed by atoms with Crippen molar-refractivity contribution in [3.63, 3.8) is 0 Å². The molecule has 3 aromatic rings. The Hall–Kier alpha value is -4.21. The molecule has 1 heterocycles. The Kier molecular flexibility index (Phi) is 6.06. The molecular formula is C20H17N3O7. The number of carbonyl (C=O) groups is 2. The number of nitrogens with one attached hydrogen (secondary N) is 1. The summed E-state index contributed by atoms with van der Waals surface area (Å²) in [6.07, 6.45) is 1.30. The zero-order valence-electron chi connectivity index (χ0n) is 16.0. The molecule has 0 aliphatic carbocycles. The SMILES string of the molecule is COc1cc([N+](=O)[O-])ccc1NC(=O)[C@H](C)OC(=O)/C=C/c1nc2ccccc2o1. The summed E-state index contributed by atoms with van der Waals surface area (Å²) in [6, 6.07) is 10.9. The second kappa shape index (κ2) is 8.86. The predicted octanol–water partition coefficient (Wildman–Crippen LogP) is 3.33. The number of hydrogen-bond acceptors (Lipinski definition) is 8. The molecule has 3 rings (SSSR count). The van der Waals surface area contributed by atoms with Gasteiger partial charge in [-0.3, -0.25) is 14.9 Å². The molecule has 10 nitrogen and oxygen atoms in total. The summed E-state index contributed by atoms with van der Waals surface area (Å²) in [5.41, 5.74) is 1.25. The van der Waals surface area contributed by atoms with E-state index in [9.17, 15) is 19.7 Å². The Labute approximate surface area is 170 Å². The molecule has 0 saturated carbocycles. The zero-order chi connectivity index (χ0) is 21.7. The lowest BCUT2D eigenvalue weighted by Gasteiger charge is -2.14. The van der Waals surface area contributed by atoms with E-state index in [-0.39, 0.29) is 23.0 Å². The maximum atomic E-state index is 12.3. The average molecular weight is 411 g/mol. The largest absolute Gasteiger partial charge is 0.494 e. The van der Waals surface area contributed by atoms with Crippen LogP contribution in [0.2, 0.25) is 0 Å². The van der Waals surface area contributed by atoms with Crippen molar-refractivity contribution in [1.29, 1.82) is 0 Å². The first-order valence-electron chi connectivity index (χ1n) is 8.75. The number of nitro benzene ring substituents is 1. The van der Waals surface area contributed by atoms with E-state index >= 15 is 0 Å². The van der Waals surface area contributed by atoms with Crippen molar-refractivity contribution < 1.29 is 28.4 Å². The minimum Gasteiger partial charge on any atom is -0.494 e. The molecule has 1 N–H and O–H groups in total. The number of fused-ring (bicyclic) bond motifs is 1. The van der Waals surface area contributed by atoms with Crippen LogP contribution < -0.4 is 10.1 Å². The van der Waals surface area contributed by atoms with Gasteiger partial charge in [0.1, 0.15) is 11.3 Å². The molecule has 2 aromatic carbocycles. The summed E-state index contributed by atoms with van der Waals surface area (Å²) >= 11 is 0. The van der Waals surface area contributed by atoms with Crippen LogP contribution in [0.3, 0.4) is 0 Å². The Morgan fingerprint density at radius 2 is 2.03 bits per heavy atom. The van der Waals surface area contributed by atoms with Crippen molar-refractivity contribution in [3.05, 3.63) is 64.5 Å². The fraction of sp³-hybridized carbons (Fsp3) is 0.150. The average Bonchev–Trinajstić information content (AvgIpc) is 3.15. The van der Waals surface area contributed by atoms with Crippen LogP contribution in [-0.2, 0) is 14.3 Å². The van der Waals surface area contributed by atoms with Gasteiger partial charge < -0.3 is 19.2 Å². The van der Waals surface area contributed by atoms with Crippen LogP contribution >= 0.6 is 0 Å². The van der Waals surface area contributed by atoms with E-state index in [1.54, 1.807) is 18.2 Å². The summed E-state index contributed by atoms with van der Waals surface area (Å²) in [7, 11) is 1.31. The van der Waals surface area contributed by atoms with Gasteiger partial charge in [-0.2, -0.15) is 0 Å². The molecule has 1 amide bonds. The number of oxazole rings is 1. The highest BCUT2D eigenvalue weighted by Crippen LogP contribution is 2.29. The van der Waals surface area contributed by atoms with Gasteiger partial charge in [0.05, 0.1) is 23.8 Å². The van der Waals surface area contributed by atoms with Crippen molar-refractivity contribution in [2.75, 3.05) is 12.4 Å². The first-order valence-corrected chi connectivity index (χ1v) is 8.75. The lowest BCUT2D eigenvalue weighted by Crippen LogP contribution is -2.29. The molecule has 0 spiro atoms. The van der Waals surface area contributed by atoms with Crippen LogP contribution in [0.1, 0.15) is 12.8 Å². The maximum Gasteiger partial charge on any atom is 0.331 e. The van der Waals surface area contributed by atoms with E-state index in [4.69, 9.17) is 13.9 Å². The molecule has 0 aliphatic heterocycles. The standard InChI is InChI=1S/C20H17N3O7/c1-12(20(25)22-15-8-7-13(23(26)27)11-17(15)28-2)29-19(24)10-9-18-21-14-5-3-4-6-16(14)30-18/h3-12H,1-2H3,(H,22,25)/b10-9+/t12-/m0/s1. The van der Waals surface area contributed by atoms with E-state index in [0.717, 1.165) is 6.08 Å². The molecular weight excluding hydrogens is 394 g/mol. The number of carbonyl (C=O) groups excluding carboxylic acids is 2. The van der Waals surface area contributed by atoms with Gasteiger partial charge in [-0.05, 0) is 25.1 Å². The molecule has 10 heteroatoms. The molecule has 154 valence electrons. The van der Waals surface area contributed by atoms with Crippen LogP contribution in [0.5, 0.6) is 5.75 Å². The zero-order valence-corrected chi connectivity index (χ0v) is 16.0. The molecule has 0 fully saturated rings. The van der Waals surface area contributed by atoms with E-state index in [1.807, 2.05) is 6.07 Å². The lowest BCUT2D eigenvalue weighted by molar-refractivity contribution is -0.384. The molecule has 0 saturated heterocycles. The van der Waals surface area contributed by atoms with Crippen LogP contribution in [-0.4, -0.2) is 35.0 Å². The number of para-hydroxylation sites is 2. The summed E-state index contributed by atoms with van der Waals surface area (Å²) in [5, 5.41) is 13.3. The van der Waals surface area contributed by atoms with Crippen LogP contribution in [0.4, 0.5) is 11.4 Å². The number of rotatable bonds is 7. The molecule has 0 aliphatic rings. The van der Waals surface area contributed by atoms with Crippen LogP contribution in [0.25, 0.3) is 17.2 Å². The normalized spacial score (nSPS) is 11.9. The Morgan fingerprint density at radius 1 is 1.27 bits per heavy atom. The number of amides is 1. The fourth-order valence-corrected chi connectivity index (χ4v) is 2.50. The quantitative estimate of drug-likeness (QED) is 0.271. The van der Waals surface area contributed by atoms with Crippen molar-refractivity contribution in [2.24, 2.45) is 0 Å². The Bertz CT molecular complexity index is 1100. The van der Waals surface area contributed by atoms with Gasteiger partial charge in [0.2, 0.25) is 5.89 Å². The molecule has 0 bridgehead atoms. The van der Waals surface area contributed by atoms with Crippen molar-refractivity contribution >= 4 is 40.4 Å². The number of methoxy groups -OCH3 is 1. The Balaban J connectivity index is 1.61. The van der Waals surface area contributed by atoms with E-state index in [2.05, 4.69) is 10.3 Å². The minimum atomic E-state index is -1.13. The number of benzene rings is 2. The second-order valence-corrected chi connectivity index (χ2v) is 6.06. The first-order chi connectivity index (χ1) is 14.4. The van der Waals surface area contributed by atoms with E-state index in [0.29, 0.717) is 11.1 Å². The highest BCUT2D eigenvalue weighted by Gasteiger charge is 2.20. The number of aromatic nitrogens is 1. The third-order valence-corrected chi connectivity index (χ3v) is 3.99. The molecule has 1 aromatic heterocycles. The molecule has 30 heavy (non-hydrogen) atoms. The highest BCUT2D eigenvalue weighted by molar-refractivity contribution is 5.97. The Morgan fingerprint density at radius 3 is 2.73 bits per heavy atom. The van der Waals surface area contributed by atoms with Gasteiger partial charge >= 0.3 is 5.97 Å². The molecule has 0 unspecified atom stereocenters. The third-order valence-electron chi connectivity index (χ3n) is 3.99. The fourth-order valence-electron chi connectivity index (χ4n) is 2.50. The number of anilines is 1. The van der Waals surface area contributed by atoms with Crippen molar-refractivity contribution in [3.8, 4) is 5.75 Å². The maximum absolute atomic E-state index is 12.3. The third kappa shape index (κ3) is 4.79. The summed E-state index contributed by atoms with van der Waals surface area (Å²) in [6.45, 7) is 1.39. The van der Waals surface area contributed by atoms with Crippen LogP contribution in [0.15, 0.2) is 53.0 Å². The van der Waals surface area contributed by atoms with E-state index in [1.165, 1.54) is 38.3 Å². The minimum absolute atomic E-state index is 0.104. The topological polar surface area (TPSA) is 134 Å². The molecule has 1 atom stereocenters. The highest BCUT2D eigenvalue weighted by atomic mass is 16.6. The predicted molar refractivity (Wildman–Crippen MR) is 107 cm³/mol. The van der Waals surface area contributed by atoms with Gasteiger partial charge in [0, 0.05) is 18.2 Å². The number of nitro groups is 1. The number of non-ortho nitro benzene ring substituents is 1. The lowest BCUT2D eigenvalue weighted by atomic mass is 10.2. The number of esters is 1. The smallest absolute Gasteiger partial charge is 0.331 e.